The number of hydrogen-bond donors (Lipinski definition) is 11. The monoisotopic (exact) mass is 1420 g/mol. The van der Waals surface area contributed by atoms with Crippen LogP contribution >= 0.6 is 23.5 Å². The summed E-state index contributed by atoms with van der Waals surface area (Å²) >= 11 is 2.93. The molecular formula is C72H88N14O13S2. The number of carboxylic acids is 1. The number of phenolic OH excluding ortho intramolecular Hbond substituents is 1. The van der Waals surface area contributed by atoms with Crippen LogP contribution in [0.5, 0.6) is 5.75 Å². The fraction of sp³-hybridized carbons (Fsp3) is 0.417. The Morgan fingerprint density at radius 1 is 0.644 bits per heavy atom. The normalized spacial score (nSPS) is 22.4. The minimum absolute atomic E-state index is 0.0625. The summed E-state index contributed by atoms with van der Waals surface area (Å²) in [6.07, 6.45) is 5.91. The van der Waals surface area contributed by atoms with E-state index >= 15 is 24.0 Å². The van der Waals surface area contributed by atoms with Crippen LogP contribution in [-0.4, -0.2) is 209 Å². The fourth-order valence-corrected chi connectivity index (χ4v) is 14.9. The van der Waals surface area contributed by atoms with E-state index in [-0.39, 0.29) is 75.3 Å². The van der Waals surface area contributed by atoms with E-state index in [0.29, 0.717) is 76.4 Å². The highest BCUT2D eigenvalue weighted by atomic mass is 32.2. The molecule has 1 saturated heterocycles. The van der Waals surface area contributed by atoms with Crippen molar-refractivity contribution in [3.05, 3.63) is 155 Å². The molecule has 2 bridgehead atoms. The number of thioether (sulfide) groups is 2. The van der Waals surface area contributed by atoms with Gasteiger partial charge in [-0.1, -0.05) is 72.8 Å². The number of benzene rings is 4. The van der Waals surface area contributed by atoms with Crippen molar-refractivity contribution in [1.29, 1.82) is 0 Å². The Morgan fingerprint density at radius 2 is 1.26 bits per heavy atom. The molecule has 536 valence electrons. The number of carbonyl (C=O) groups is 11. The molecule has 3 aromatic heterocycles. The lowest BCUT2D eigenvalue weighted by molar-refractivity contribution is -0.150. The van der Waals surface area contributed by atoms with E-state index in [0.717, 1.165) is 36.7 Å². The smallest absolute Gasteiger partial charge is 0.305 e. The molecule has 9 amide bonds. The first kappa shape index (κ1) is 75.2. The number of aromatic amines is 3. The number of para-hydroxylation sites is 2. The Morgan fingerprint density at radius 3 is 1.89 bits per heavy atom. The molecule has 1 fully saturated rings. The Labute approximate surface area is 592 Å². The number of likely N-dealkylation sites (N-methyl/N-ethyl adjacent to an activating group) is 3. The molecule has 9 rings (SSSR count). The summed E-state index contributed by atoms with van der Waals surface area (Å²) in [4.78, 5) is 178. The Hall–Kier alpha value is -10.0. The van der Waals surface area contributed by atoms with Gasteiger partial charge >= 0.3 is 5.97 Å². The number of fused-ring (bicyclic) bond motifs is 5. The van der Waals surface area contributed by atoms with Crippen molar-refractivity contribution in [3.8, 4) is 5.75 Å². The zero-order chi connectivity index (χ0) is 72.3. The Balaban J connectivity index is 1.07. The summed E-state index contributed by atoms with van der Waals surface area (Å²) in [5.74, 6) is -8.16. The van der Waals surface area contributed by atoms with Crippen LogP contribution in [0, 0.1) is 5.92 Å². The first-order valence-electron chi connectivity index (χ1n) is 33.7. The van der Waals surface area contributed by atoms with E-state index in [1.807, 2.05) is 42.5 Å². The number of imidazole rings is 1. The van der Waals surface area contributed by atoms with Gasteiger partial charge in [0.1, 0.15) is 42.0 Å². The van der Waals surface area contributed by atoms with Crippen molar-refractivity contribution >= 4 is 110 Å². The van der Waals surface area contributed by atoms with Gasteiger partial charge in [-0.15, -0.1) is 0 Å². The molecule has 0 spiro atoms. The van der Waals surface area contributed by atoms with Crippen molar-refractivity contribution in [1.82, 2.24) is 60.8 Å². The average molecular weight is 1420 g/mol. The standard InChI is InChI=1S/C72H88N14O13S2/c1-83-38-64(90)80-56(30-46-35-76-53-16-6-4-14-51(46)53)67(94)81-57(31-47-36-77-54-17-7-5-15-52(47)54)70(97)84(2)60(34-65(91)92)68(95)82-58(33-49-37-75-42-78-49)71(98)85(3)61(29-43-20-22-50(87)23-21-43)72(99)86-26-11-19-59(86)62(88)32-48(66(74)93)41-101-40-45-13-10-12-44(28-45)39-100-27-24-63(89)79-55(69(83)96)18-8-9-25-73/h4-7,10,12-17,20-23,28,35-37,42,48,55-61,76-77,87H,8-9,11,18-19,24-27,29-34,38-41,73H2,1-3H3,(H2,74,93)(H,75,78)(H,79,89)(H,80,90)(H,81,94)(H,82,95)(H,91,92)/t48-,55-,56-,57-,58-,59-,60-,61-/m0/s1. The number of nitrogens with zero attached hydrogens (tertiary/aromatic N) is 5. The lowest BCUT2D eigenvalue weighted by atomic mass is 9.97. The van der Waals surface area contributed by atoms with E-state index in [1.54, 1.807) is 54.9 Å². The molecule has 2 aliphatic rings. The first-order valence-corrected chi connectivity index (χ1v) is 36.0. The van der Waals surface area contributed by atoms with Gasteiger partial charge in [0.2, 0.25) is 53.2 Å². The van der Waals surface area contributed by atoms with Gasteiger partial charge in [0.15, 0.2) is 5.78 Å². The molecule has 101 heavy (non-hydrogen) atoms. The van der Waals surface area contributed by atoms with Crippen LogP contribution in [0.2, 0.25) is 0 Å². The maximum atomic E-state index is 15.5. The quantitative estimate of drug-likeness (QED) is 0.0653. The largest absolute Gasteiger partial charge is 0.508 e. The second kappa shape index (κ2) is 35.9. The van der Waals surface area contributed by atoms with Crippen molar-refractivity contribution < 1.29 is 63.0 Å². The average Bonchev–Trinajstić information content (AvgIpc) is 1.79. The highest BCUT2D eigenvalue weighted by molar-refractivity contribution is 7.98. The molecule has 2 aliphatic heterocycles. The van der Waals surface area contributed by atoms with E-state index in [2.05, 4.69) is 41.2 Å². The van der Waals surface area contributed by atoms with E-state index in [9.17, 15) is 39.0 Å². The summed E-state index contributed by atoms with van der Waals surface area (Å²) in [6.45, 7) is -0.120. The summed E-state index contributed by atoms with van der Waals surface area (Å²) < 4.78 is 0. The third-order valence-electron chi connectivity index (χ3n) is 18.4. The van der Waals surface area contributed by atoms with Gasteiger partial charge in [-0.3, -0.25) is 52.7 Å². The maximum absolute atomic E-state index is 15.5. The van der Waals surface area contributed by atoms with Crippen LogP contribution in [0.15, 0.2) is 122 Å². The fourth-order valence-electron chi connectivity index (χ4n) is 12.9. The number of Topliss-reactive ketones (excluding diaryl/α,β-unsaturated/α-hetero) is 1. The zero-order valence-electron chi connectivity index (χ0n) is 56.7. The maximum Gasteiger partial charge on any atom is 0.305 e. The Bertz CT molecular complexity index is 4090. The predicted octanol–water partition coefficient (Wildman–Crippen LogP) is 3.63. The van der Waals surface area contributed by atoms with E-state index in [4.69, 9.17) is 11.5 Å². The highest BCUT2D eigenvalue weighted by Crippen LogP contribution is 2.29. The molecule has 0 aliphatic carbocycles. The third-order valence-corrected chi connectivity index (χ3v) is 20.6. The van der Waals surface area contributed by atoms with Crippen molar-refractivity contribution in [2.75, 3.05) is 52.3 Å². The second-order valence-corrected chi connectivity index (χ2v) is 27.9. The number of carboxylic acid groups (broad SMARTS) is 1. The zero-order valence-corrected chi connectivity index (χ0v) is 58.3. The van der Waals surface area contributed by atoms with Gasteiger partial charge in [-0.25, -0.2) is 4.98 Å². The van der Waals surface area contributed by atoms with Gasteiger partial charge in [-0.2, -0.15) is 23.5 Å². The molecule has 4 aromatic carbocycles. The van der Waals surface area contributed by atoms with E-state index in [1.165, 1.54) is 74.2 Å². The molecule has 13 N–H and O–H groups in total. The third kappa shape index (κ3) is 20.4. The second-order valence-electron chi connectivity index (χ2n) is 25.7. The number of phenols is 1. The number of aromatic hydroxyl groups is 1. The molecular weight excluding hydrogens is 1330 g/mol. The number of hydrogen-bond acceptors (Lipinski definition) is 16. The summed E-state index contributed by atoms with van der Waals surface area (Å²) in [6, 6.07) is 18.3. The molecule has 27 nitrogen and oxygen atoms in total. The SMILES string of the molecule is CN1CC(=O)N[C@@H](Cc2c[nH]c3ccccc23)C(=O)N[C@@H](Cc2c[nH]c3ccccc23)C(=O)N(C)[C@@H](CC(=O)O)C(=O)N[C@@H](Cc2cnc[nH]2)C(=O)N(C)[C@@H](Cc2ccc(O)cc2)C(=O)N2CCC[C@H]2C(=O)C[C@H](C(N)=O)CSCc2cccc(c2)CSCCC(=O)N[C@@H](CCCCN)C1=O. The predicted molar refractivity (Wildman–Crippen MR) is 382 cm³/mol. The lowest BCUT2D eigenvalue weighted by Crippen LogP contribution is -2.61. The number of amides is 9. The number of nitrogens with one attached hydrogen (secondary N) is 7. The number of nitrogens with two attached hydrogens (primary N) is 2. The summed E-state index contributed by atoms with van der Waals surface area (Å²) in [5.41, 5.74) is 17.1. The molecule has 29 heteroatoms. The number of carbonyl (C=O) groups excluding carboxylic acids is 10. The van der Waals surface area contributed by atoms with Crippen LogP contribution in [0.3, 0.4) is 0 Å². The highest BCUT2D eigenvalue weighted by Gasteiger charge is 2.43. The van der Waals surface area contributed by atoms with Gasteiger partial charge in [0, 0.05) is 135 Å². The molecule has 5 heterocycles. The number of unbranched alkanes of at least 4 members (excludes halogenated alkanes) is 1. The van der Waals surface area contributed by atoms with Crippen molar-refractivity contribution in [2.24, 2.45) is 17.4 Å². The van der Waals surface area contributed by atoms with Crippen LogP contribution in [-0.2, 0) is 89.9 Å². The molecule has 0 saturated carbocycles. The number of aromatic nitrogens is 4. The molecule has 0 radical (unpaired) electrons. The van der Waals surface area contributed by atoms with Crippen LogP contribution in [0.1, 0.15) is 84.9 Å². The van der Waals surface area contributed by atoms with Gasteiger partial charge in [0.25, 0.3) is 0 Å². The molecule has 8 atom stereocenters. The topological polar surface area (TPSA) is 402 Å². The van der Waals surface area contributed by atoms with Crippen LogP contribution in [0.25, 0.3) is 21.8 Å². The number of H-pyrrole nitrogens is 3. The molecule has 0 unspecified atom stereocenters. The number of aliphatic carboxylic acids is 1. The first-order chi connectivity index (χ1) is 48.5. The number of ketones is 1. The van der Waals surface area contributed by atoms with Gasteiger partial charge < -0.3 is 77.5 Å². The van der Waals surface area contributed by atoms with E-state index < -0.39 is 120 Å². The summed E-state index contributed by atoms with van der Waals surface area (Å²) in [7, 11) is 3.94. The van der Waals surface area contributed by atoms with Crippen molar-refractivity contribution in [3.63, 3.8) is 0 Å². The van der Waals surface area contributed by atoms with Crippen LogP contribution in [0.4, 0.5) is 0 Å². The lowest BCUT2D eigenvalue weighted by Gasteiger charge is -2.36. The minimum Gasteiger partial charge on any atom is -0.508 e. The molecule has 7 aromatic rings. The van der Waals surface area contributed by atoms with Gasteiger partial charge in [0.05, 0.1) is 31.3 Å². The summed E-state index contributed by atoms with van der Waals surface area (Å²) in [5, 5.41) is 33.4. The number of rotatable bonds is 15. The Kier molecular flexibility index (Phi) is 26.7. The minimum atomic E-state index is -1.89. The van der Waals surface area contributed by atoms with Crippen LogP contribution < -0.4 is 32.7 Å². The van der Waals surface area contributed by atoms with Gasteiger partial charge in [-0.05, 0) is 90.7 Å². The number of primary amides is 1. The van der Waals surface area contributed by atoms with Crippen molar-refractivity contribution in [2.45, 2.75) is 131 Å².